The van der Waals surface area contributed by atoms with Crippen molar-refractivity contribution < 1.29 is 19.8 Å². The van der Waals surface area contributed by atoms with Gasteiger partial charge in [-0.25, -0.2) is 14.6 Å². The number of carboxylic acid groups (broad SMARTS) is 2. The SMILES string of the molecule is CCCCCCSCC(Cn1ccnc1)SCCCCCC.O=C(O)C(=O)O. The summed E-state index contributed by atoms with van der Waals surface area (Å²) < 4.78 is 2.24. The normalized spacial score (nSPS) is 11.5. The third-order valence-electron chi connectivity index (χ3n) is 3.95. The van der Waals surface area contributed by atoms with Gasteiger partial charge in [0.05, 0.1) is 6.33 Å². The number of rotatable bonds is 15. The van der Waals surface area contributed by atoms with E-state index in [0.29, 0.717) is 0 Å². The van der Waals surface area contributed by atoms with E-state index in [-0.39, 0.29) is 0 Å². The van der Waals surface area contributed by atoms with Crippen molar-refractivity contribution in [3.05, 3.63) is 18.7 Å². The number of aliphatic carboxylic acids is 2. The number of unbranched alkanes of at least 4 members (excludes halogenated alkanes) is 6. The number of hydrogen-bond acceptors (Lipinski definition) is 5. The topological polar surface area (TPSA) is 92.4 Å². The van der Waals surface area contributed by atoms with E-state index in [4.69, 9.17) is 19.8 Å². The van der Waals surface area contributed by atoms with Crippen LogP contribution in [0.3, 0.4) is 0 Å². The van der Waals surface area contributed by atoms with E-state index >= 15 is 0 Å². The summed E-state index contributed by atoms with van der Waals surface area (Å²) in [7, 11) is 0. The van der Waals surface area contributed by atoms with Crippen LogP contribution in [0, 0.1) is 0 Å². The highest BCUT2D eigenvalue weighted by Crippen LogP contribution is 2.21. The van der Waals surface area contributed by atoms with Gasteiger partial charge in [-0.3, -0.25) is 0 Å². The fraction of sp³-hybridized carbons (Fsp3) is 0.750. The molecule has 0 radical (unpaired) electrons. The predicted molar refractivity (Wildman–Crippen MR) is 119 cm³/mol. The van der Waals surface area contributed by atoms with Crippen molar-refractivity contribution in [1.82, 2.24) is 9.55 Å². The first-order chi connectivity index (χ1) is 13.5. The second kappa shape index (κ2) is 19.2. The highest BCUT2D eigenvalue weighted by Gasteiger charge is 2.10. The Morgan fingerprint density at radius 3 is 2.07 bits per heavy atom. The van der Waals surface area contributed by atoms with Gasteiger partial charge in [-0.1, -0.05) is 52.4 Å². The molecule has 2 N–H and O–H groups in total. The number of imidazole rings is 1. The van der Waals surface area contributed by atoms with Crippen molar-refractivity contribution in [3.63, 3.8) is 0 Å². The molecular weight excluding hydrogens is 396 g/mol. The molecule has 0 spiro atoms. The van der Waals surface area contributed by atoms with Crippen LogP contribution >= 0.6 is 23.5 Å². The largest absolute Gasteiger partial charge is 0.473 e. The van der Waals surface area contributed by atoms with Crippen LogP contribution in [0.15, 0.2) is 18.7 Å². The maximum Gasteiger partial charge on any atom is 0.414 e. The number of aromatic nitrogens is 2. The van der Waals surface area contributed by atoms with Crippen LogP contribution in [0.1, 0.15) is 65.2 Å². The molecule has 1 heterocycles. The molecule has 0 bridgehead atoms. The molecule has 1 aromatic rings. The van der Waals surface area contributed by atoms with Crippen molar-refractivity contribution >= 4 is 35.5 Å². The molecule has 28 heavy (non-hydrogen) atoms. The number of thioether (sulfide) groups is 2. The zero-order valence-electron chi connectivity index (χ0n) is 17.2. The van der Waals surface area contributed by atoms with Gasteiger partial charge in [-0.05, 0) is 24.3 Å². The Balaban J connectivity index is 0.00000105. The predicted octanol–water partition coefficient (Wildman–Crippen LogP) is 5.03. The first-order valence-electron chi connectivity index (χ1n) is 10.1. The Kier molecular flexibility index (Phi) is 18.4. The van der Waals surface area contributed by atoms with Crippen LogP contribution in [-0.2, 0) is 16.1 Å². The molecule has 0 aliphatic rings. The van der Waals surface area contributed by atoms with Crippen molar-refractivity contribution in [2.24, 2.45) is 0 Å². The Morgan fingerprint density at radius 1 is 0.964 bits per heavy atom. The molecule has 0 fully saturated rings. The van der Waals surface area contributed by atoms with Crippen molar-refractivity contribution in [3.8, 4) is 0 Å². The summed E-state index contributed by atoms with van der Waals surface area (Å²) in [6.07, 6.45) is 16.9. The molecule has 1 unspecified atom stereocenters. The molecule has 1 atom stereocenters. The molecular formula is C20H36N2O4S2. The van der Waals surface area contributed by atoms with E-state index in [1.54, 1.807) is 0 Å². The average molecular weight is 433 g/mol. The van der Waals surface area contributed by atoms with Crippen LogP contribution < -0.4 is 0 Å². The van der Waals surface area contributed by atoms with Gasteiger partial charge in [-0.15, -0.1) is 0 Å². The van der Waals surface area contributed by atoms with Gasteiger partial charge in [0.25, 0.3) is 0 Å². The van der Waals surface area contributed by atoms with Crippen LogP contribution in [-0.4, -0.2) is 54.2 Å². The minimum atomic E-state index is -1.82. The molecule has 0 saturated heterocycles. The van der Waals surface area contributed by atoms with E-state index in [0.717, 1.165) is 11.8 Å². The fourth-order valence-corrected chi connectivity index (χ4v) is 5.01. The lowest BCUT2D eigenvalue weighted by Gasteiger charge is -2.17. The van der Waals surface area contributed by atoms with Gasteiger partial charge in [0.1, 0.15) is 0 Å². The summed E-state index contributed by atoms with van der Waals surface area (Å²) in [6.45, 7) is 5.67. The van der Waals surface area contributed by atoms with Crippen LogP contribution in [0.25, 0.3) is 0 Å². The zero-order chi connectivity index (χ0) is 21.0. The summed E-state index contributed by atoms with van der Waals surface area (Å²) >= 11 is 4.32. The number of carbonyl (C=O) groups is 2. The quantitative estimate of drug-likeness (QED) is 0.296. The van der Waals surface area contributed by atoms with Crippen LogP contribution in [0.4, 0.5) is 0 Å². The molecule has 6 nitrogen and oxygen atoms in total. The molecule has 0 aliphatic carbocycles. The first-order valence-corrected chi connectivity index (χ1v) is 12.3. The lowest BCUT2D eigenvalue weighted by atomic mass is 10.2. The van der Waals surface area contributed by atoms with Crippen LogP contribution in [0.2, 0.25) is 0 Å². The molecule has 0 saturated carbocycles. The zero-order valence-corrected chi connectivity index (χ0v) is 18.8. The summed E-state index contributed by atoms with van der Waals surface area (Å²) in [5.41, 5.74) is 0. The first kappa shape index (κ1) is 26.9. The van der Waals surface area contributed by atoms with E-state index in [1.165, 1.54) is 68.6 Å². The number of carboxylic acids is 2. The second-order valence-corrected chi connectivity index (χ2v) is 9.12. The van der Waals surface area contributed by atoms with Crippen LogP contribution in [0.5, 0.6) is 0 Å². The Labute approximate surface area is 177 Å². The lowest BCUT2D eigenvalue weighted by molar-refractivity contribution is -0.159. The highest BCUT2D eigenvalue weighted by molar-refractivity contribution is 8.03. The number of nitrogens with zero attached hydrogens (tertiary/aromatic N) is 2. The molecule has 1 aromatic heterocycles. The summed E-state index contributed by atoms with van der Waals surface area (Å²) in [5, 5.41) is 15.5. The third kappa shape index (κ3) is 17.0. The van der Waals surface area contributed by atoms with E-state index in [1.807, 2.05) is 12.5 Å². The number of hydrogen-bond donors (Lipinski definition) is 2. The van der Waals surface area contributed by atoms with Gasteiger partial charge in [0.2, 0.25) is 0 Å². The van der Waals surface area contributed by atoms with Gasteiger partial charge < -0.3 is 14.8 Å². The molecule has 8 heteroatoms. The van der Waals surface area contributed by atoms with Crippen molar-refractivity contribution in [2.45, 2.75) is 77.0 Å². The van der Waals surface area contributed by atoms with Gasteiger partial charge in [0, 0.05) is 29.9 Å². The molecule has 1 rings (SSSR count). The summed E-state index contributed by atoms with van der Waals surface area (Å²) in [4.78, 5) is 22.4. The minimum Gasteiger partial charge on any atom is -0.473 e. The Bertz CT molecular complexity index is 486. The Hall–Kier alpha value is -1.15. The molecule has 0 aliphatic heterocycles. The second-order valence-electron chi connectivity index (χ2n) is 6.56. The summed E-state index contributed by atoms with van der Waals surface area (Å²) in [6, 6.07) is 0. The smallest absolute Gasteiger partial charge is 0.414 e. The van der Waals surface area contributed by atoms with Gasteiger partial charge in [-0.2, -0.15) is 23.5 Å². The third-order valence-corrected chi connectivity index (χ3v) is 6.69. The maximum atomic E-state index is 9.10. The van der Waals surface area contributed by atoms with Crippen molar-refractivity contribution in [2.75, 3.05) is 17.3 Å². The molecule has 0 amide bonds. The van der Waals surface area contributed by atoms with Gasteiger partial charge >= 0.3 is 11.9 Å². The highest BCUT2D eigenvalue weighted by atomic mass is 32.2. The monoisotopic (exact) mass is 432 g/mol. The van der Waals surface area contributed by atoms with Gasteiger partial charge in [0.15, 0.2) is 0 Å². The average Bonchev–Trinajstić information content (AvgIpc) is 3.17. The lowest BCUT2D eigenvalue weighted by Crippen LogP contribution is -2.16. The Morgan fingerprint density at radius 2 is 1.57 bits per heavy atom. The standard InChI is InChI=1S/C18H34N2S2.C2H2O4/c1-3-5-7-9-13-21-16-18(15-20-12-11-19-17-20)22-14-10-8-6-4-2;3-1(4)2(5)6/h11-12,17-18H,3-10,13-16H2,1-2H3;(H,3,4)(H,5,6). The van der Waals surface area contributed by atoms with Crippen molar-refractivity contribution in [1.29, 1.82) is 0 Å². The summed E-state index contributed by atoms with van der Waals surface area (Å²) in [5.74, 6) is 0.278. The minimum absolute atomic E-state index is 0.729. The van der Waals surface area contributed by atoms with E-state index in [2.05, 4.69) is 53.1 Å². The maximum absolute atomic E-state index is 9.10. The van der Waals surface area contributed by atoms with E-state index < -0.39 is 11.9 Å². The van der Waals surface area contributed by atoms with E-state index in [9.17, 15) is 0 Å². The molecule has 0 aromatic carbocycles. The fourth-order valence-electron chi connectivity index (χ4n) is 2.41. The molecule has 162 valence electrons.